The van der Waals surface area contributed by atoms with Gasteiger partial charge in [-0.25, -0.2) is 9.97 Å². The van der Waals surface area contributed by atoms with Gasteiger partial charge in [-0.05, 0) is 38.4 Å². The van der Waals surface area contributed by atoms with Gasteiger partial charge in [-0.1, -0.05) is 6.07 Å². The highest BCUT2D eigenvalue weighted by Gasteiger charge is 2.27. The van der Waals surface area contributed by atoms with Gasteiger partial charge in [0.2, 0.25) is 5.91 Å². The quantitative estimate of drug-likeness (QED) is 0.912. The number of hydrogen-bond acceptors (Lipinski definition) is 5. The molecule has 2 aromatic heterocycles. The van der Waals surface area contributed by atoms with E-state index < -0.39 is 0 Å². The average Bonchev–Trinajstić information content (AvgIpc) is 3.03. The third kappa shape index (κ3) is 4.14. The van der Waals surface area contributed by atoms with E-state index in [0.29, 0.717) is 12.6 Å². The minimum absolute atomic E-state index is 0.0379. The molecule has 0 aliphatic carbocycles. The number of hydrogen-bond donors (Lipinski definition) is 1. The Labute approximate surface area is 142 Å². The summed E-state index contributed by atoms with van der Waals surface area (Å²) in [5, 5.41) is 2.80. The van der Waals surface area contributed by atoms with Crippen LogP contribution in [0.3, 0.4) is 0 Å². The van der Waals surface area contributed by atoms with Crippen LogP contribution < -0.4 is 5.32 Å². The Bertz CT molecular complexity index is 701. The molecule has 1 aliphatic rings. The van der Waals surface area contributed by atoms with Crippen molar-refractivity contribution in [3.63, 3.8) is 0 Å². The van der Waals surface area contributed by atoms with Crippen molar-refractivity contribution >= 4 is 5.91 Å². The smallest absolute Gasteiger partial charge is 0.217 e. The summed E-state index contributed by atoms with van der Waals surface area (Å²) in [4.78, 5) is 26.8. The molecule has 0 aromatic carbocycles. The maximum Gasteiger partial charge on any atom is 0.217 e. The Balaban J connectivity index is 1.71. The number of carbonyl (C=O) groups excluding carboxylic acids is 1. The van der Waals surface area contributed by atoms with Crippen molar-refractivity contribution in [1.82, 2.24) is 25.2 Å². The molecule has 3 rings (SSSR count). The van der Waals surface area contributed by atoms with E-state index in [0.717, 1.165) is 48.7 Å². The molecule has 1 N–H and O–H groups in total. The molecule has 126 valence electrons. The van der Waals surface area contributed by atoms with E-state index in [1.165, 1.54) is 6.92 Å². The molecular formula is C18H23N5O. The van der Waals surface area contributed by atoms with Gasteiger partial charge in [-0.3, -0.25) is 14.7 Å². The summed E-state index contributed by atoms with van der Waals surface area (Å²) < 4.78 is 0. The molecule has 6 nitrogen and oxygen atoms in total. The summed E-state index contributed by atoms with van der Waals surface area (Å²) >= 11 is 0. The van der Waals surface area contributed by atoms with Crippen molar-refractivity contribution in [1.29, 1.82) is 0 Å². The zero-order valence-electron chi connectivity index (χ0n) is 14.2. The van der Waals surface area contributed by atoms with Crippen LogP contribution in [0.1, 0.15) is 48.6 Å². The molecule has 2 aromatic rings. The molecule has 1 amide bonds. The van der Waals surface area contributed by atoms with Gasteiger partial charge in [0.15, 0.2) is 0 Å². The van der Waals surface area contributed by atoms with E-state index in [4.69, 9.17) is 4.98 Å². The average molecular weight is 325 g/mol. The van der Waals surface area contributed by atoms with Gasteiger partial charge < -0.3 is 5.32 Å². The third-order valence-electron chi connectivity index (χ3n) is 4.27. The van der Waals surface area contributed by atoms with Crippen molar-refractivity contribution < 1.29 is 4.79 Å². The fraction of sp³-hybridized carbons (Fsp3) is 0.444. The number of rotatable bonds is 5. The highest BCUT2D eigenvalue weighted by molar-refractivity contribution is 5.72. The summed E-state index contributed by atoms with van der Waals surface area (Å²) in [6.45, 7) is 5.78. The predicted octanol–water partition coefficient (Wildman–Crippen LogP) is 2.15. The van der Waals surface area contributed by atoms with E-state index in [1.807, 2.05) is 31.5 Å². The standard InChI is InChI=1S/C18H23N5O/c1-13-19-9-15(10-20-13)12-23-8-4-7-18(23)17-6-3-5-16(22-17)11-21-14(2)24/h3,5-6,9-10,18H,4,7-8,11-12H2,1-2H3,(H,21,24)/t18-/m1/s1. The van der Waals surface area contributed by atoms with Crippen molar-refractivity contribution in [2.24, 2.45) is 0 Å². The first-order valence-corrected chi connectivity index (χ1v) is 8.33. The predicted molar refractivity (Wildman–Crippen MR) is 90.9 cm³/mol. The van der Waals surface area contributed by atoms with Crippen molar-refractivity contribution in [3.8, 4) is 0 Å². The molecule has 0 spiro atoms. The number of nitrogens with zero attached hydrogens (tertiary/aromatic N) is 4. The summed E-state index contributed by atoms with van der Waals surface area (Å²) in [7, 11) is 0. The number of pyridine rings is 1. The van der Waals surface area contributed by atoms with Crippen LogP contribution >= 0.6 is 0 Å². The van der Waals surface area contributed by atoms with Crippen LogP contribution in [0.5, 0.6) is 0 Å². The SMILES string of the molecule is CC(=O)NCc1cccc([C@H]2CCCN2Cc2cnc(C)nc2)n1. The van der Waals surface area contributed by atoms with E-state index in [2.05, 4.69) is 26.3 Å². The zero-order valence-corrected chi connectivity index (χ0v) is 14.2. The lowest BCUT2D eigenvalue weighted by Crippen LogP contribution is -2.24. The molecule has 0 radical (unpaired) electrons. The van der Waals surface area contributed by atoms with Crippen molar-refractivity contribution in [2.45, 2.75) is 45.8 Å². The number of carbonyl (C=O) groups is 1. The van der Waals surface area contributed by atoms with E-state index >= 15 is 0 Å². The van der Waals surface area contributed by atoms with Crippen LogP contribution in [-0.4, -0.2) is 32.3 Å². The molecule has 1 saturated heterocycles. The molecule has 0 saturated carbocycles. The minimum atomic E-state index is -0.0379. The normalized spacial score (nSPS) is 17.8. The van der Waals surface area contributed by atoms with Gasteiger partial charge in [0.05, 0.1) is 24.0 Å². The molecule has 1 atom stereocenters. The summed E-state index contributed by atoms with van der Waals surface area (Å²) in [6.07, 6.45) is 6.06. The molecular weight excluding hydrogens is 302 g/mol. The van der Waals surface area contributed by atoms with Crippen molar-refractivity contribution in [2.75, 3.05) is 6.54 Å². The van der Waals surface area contributed by atoms with Crippen LogP contribution in [0.2, 0.25) is 0 Å². The molecule has 6 heteroatoms. The number of aryl methyl sites for hydroxylation is 1. The Morgan fingerprint density at radius 3 is 2.88 bits per heavy atom. The highest BCUT2D eigenvalue weighted by Crippen LogP contribution is 2.32. The van der Waals surface area contributed by atoms with Gasteiger partial charge in [0.1, 0.15) is 5.82 Å². The summed E-state index contributed by atoms with van der Waals surface area (Å²) in [5.41, 5.74) is 3.10. The van der Waals surface area contributed by atoms with Crippen LogP contribution in [0.4, 0.5) is 0 Å². The lowest BCUT2D eigenvalue weighted by molar-refractivity contribution is -0.119. The fourth-order valence-electron chi connectivity index (χ4n) is 3.08. The Morgan fingerprint density at radius 2 is 2.12 bits per heavy atom. The minimum Gasteiger partial charge on any atom is -0.351 e. The second kappa shape index (κ2) is 7.49. The van der Waals surface area contributed by atoms with E-state index in [9.17, 15) is 4.79 Å². The zero-order chi connectivity index (χ0) is 16.9. The first-order valence-electron chi connectivity index (χ1n) is 8.33. The summed E-state index contributed by atoms with van der Waals surface area (Å²) in [6, 6.07) is 6.35. The van der Waals surface area contributed by atoms with Gasteiger partial charge in [0, 0.05) is 31.4 Å². The Kier molecular flexibility index (Phi) is 5.15. The van der Waals surface area contributed by atoms with Crippen LogP contribution in [-0.2, 0) is 17.9 Å². The Hall–Kier alpha value is -2.34. The van der Waals surface area contributed by atoms with Gasteiger partial charge in [-0.15, -0.1) is 0 Å². The van der Waals surface area contributed by atoms with Crippen LogP contribution in [0.25, 0.3) is 0 Å². The first-order chi connectivity index (χ1) is 11.6. The number of amides is 1. The van der Waals surface area contributed by atoms with Crippen molar-refractivity contribution in [3.05, 3.63) is 53.4 Å². The second-order valence-electron chi connectivity index (χ2n) is 6.23. The monoisotopic (exact) mass is 325 g/mol. The molecule has 1 fully saturated rings. The molecule has 0 unspecified atom stereocenters. The highest BCUT2D eigenvalue weighted by atomic mass is 16.1. The number of nitrogens with one attached hydrogen (secondary N) is 1. The molecule has 24 heavy (non-hydrogen) atoms. The topological polar surface area (TPSA) is 71.0 Å². The second-order valence-corrected chi connectivity index (χ2v) is 6.23. The van der Waals surface area contributed by atoms with Gasteiger partial charge in [-0.2, -0.15) is 0 Å². The summed E-state index contributed by atoms with van der Waals surface area (Å²) in [5.74, 6) is 0.758. The molecule has 0 bridgehead atoms. The fourth-order valence-corrected chi connectivity index (χ4v) is 3.08. The van der Waals surface area contributed by atoms with Crippen LogP contribution in [0, 0.1) is 6.92 Å². The van der Waals surface area contributed by atoms with Crippen LogP contribution in [0.15, 0.2) is 30.6 Å². The maximum absolute atomic E-state index is 11.1. The third-order valence-corrected chi connectivity index (χ3v) is 4.27. The molecule has 3 heterocycles. The van der Waals surface area contributed by atoms with E-state index in [-0.39, 0.29) is 5.91 Å². The first kappa shape index (κ1) is 16.5. The number of aromatic nitrogens is 3. The van der Waals surface area contributed by atoms with E-state index in [1.54, 1.807) is 0 Å². The lowest BCUT2D eigenvalue weighted by atomic mass is 10.1. The molecule has 1 aliphatic heterocycles. The Morgan fingerprint density at radius 1 is 1.33 bits per heavy atom. The largest absolute Gasteiger partial charge is 0.351 e. The number of likely N-dealkylation sites (tertiary alicyclic amines) is 1. The van der Waals surface area contributed by atoms with Gasteiger partial charge >= 0.3 is 0 Å². The maximum atomic E-state index is 11.1. The van der Waals surface area contributed by atoms with Gasteiger partial charge in [0.25, 0.3) is 0 Å². The lowest BCUT2D eigenvalue weighted by Gasteiger charge is -2.24.